The molecule has 1 aliphatic rings. The molecular weight excluding hydrogens is 146 g/mol. The number of aliphatic hydroxyl groups is 1. The average molecular weight is 163 g/mol. The molecule has 0 radical (unpaired) electrons. The molecular formula is C7H17NO3. The van der Waals surface area contributed by atoms with Crippen molar-refractivity contribution in [2.24, 2.45) is 0 Å². The first-order chi connectivity index (χ1) is 4.70. The van der Waals surface area contributed by atoms with Crippen LogP contribution in [0.3, 0.4) is 0 Å². The second kappa shape index (κ2) is 7.50. The molecule has 1 rings (SSSR count). The van der Waals surface area contributed by atoms with Crippen molar-refractivity contribution in [3.05, 3.63) is 0 Å². The minimum Gasteiger partial charge on any atom is -0.412 e. The lowest BCUT2D eigenvalue weighted by Crippen LogP contribution is -2.21. The Morgan fingerprint density at radius 1 is 1.73 bits per heavy atom. The van der Waals surface area contributed by atoms with E-state index in [1.165, 1.54) is 0 Å². The Labute approximate surface area is 66.9 Å². The Kier molecular flexibility index (Phi) is 8.87. The number of carbonyl (C=O) groups is 1. The van der Waals surface area contributed by atoms with Gasteiger partial charge in [0.15, 0.2) is 0 Å². The summed E-state index contributed by atoms with van der Waals surface area (Å²) in [5.74, 6) is 0.201. The van der Waals surface area contributed by atoms with E-state index in [4.69, 9.17) is 5.11 Å². The molecule has 1 heterocycles. The summed E-state index contributed by atoms with van der Waals surface area (Å²) in [5, 5.41) is 10.3. The van der Waals surface area contributed by atoms with Gasteiger partial charge in [-0.05, 0) is 20.3 Å². The Morgan fingerprint density at radius 3 is 2.27 bits per heavy atom. The van der Waals surface area contributed by atoms with Gasteiger partial charge >= 0.3 is 0 Å². The van der Waals surface area contributed by atoms with Crippen LogP contribution in [0.2, 0.25) is 0 Å². The molecule has 1 fully saturated rings. The molecule has 11 heavy (non-hydrogen) atoms. The lowest BCUT2D eigenvalue weighted by molar-refractivity contribution is -0.119. The first kappa shape index (κ1) is 13.0. The fourth-order valence-electron chi connectivity index (χ4n) is 0.767. The Bertz CT molecular complexity index is 106. The molecule has 0 aromatic rings. The number of hydrogen-bond acceptors (Lipinski definition) is 2. The Hall–Kier alpha value is -0.610. The molecule has 1 aliphatic heterocycles. The molecule has 0 aromatic heterocycles. The van der Waals surface area contributed by atoms with E-state index in [0.29, 0.717) is 6.04 Å². The number of nitrogens with one attached hydrogen (secondary N) is 1. The van der Waals surface area contributed by atoms with Crippen molar-refractivity contribution in [1.29, 1.82) is 0 Å². The third kappa shape index (κ3) is 7.29. The minimum atomic E-state index is 0. The van der Waals surface area contributed by atoms with Crippen LogP contribution in [-0.4, -0.2) is 29.1 Å². The maximum atomic E-state index is 10.3. The number of carbonyl (C=O) groups excluding carboxylic acids is 1. The molecule has 0 spiro atoms. The Balaban J connectivity index is 0. The molecule has 1 amide bonds. The molecule has 0 aliphatic carbocycles. The highest BCUT2D eigenvalue weighted by molar-refractivity contribution is 5.78. The second-order valence-corrected chi connectivity index (χ2v) is 2.32. The van der Waals surface area contributed by atoms with Crippen molar-refractivity contribution < 1.29 is 15.4 Å². The van der Waals surface area contributed by atoms with Gasteiger partial charge in [0.2, 0.25) is 5.91 Å². The van der Waals surface area contributed by atoms with E-state index >= 15 is 0 Å². The number of rotatable bonds is 0. The number of aliphatic hydroxyl groups excluding tert-OH is 1. The van der Waals surface area contributed by atoms with E-state index in [0.717, 1.165) is 12.8 Å². The molecule has 4 nitrogen and oxygen atoms in total. The standard InChI is InChI=1S/C5H9NO.C2H6O.H2O/c1-4-2-3-5(7)6-4;1-2-3;/h4H,2-3H2,1H3,(H,6,7);3H,2H2,1H3;1H2. The largest absolute Gasteiger partial charge is 0.412 e. The number of amides is 1. The van der Waals surface area contributed by atoms with Gasteiger partial charge in [-0.25, -0.2) is 0 Å². The van der Waals surface area contributed by atoms with E-state index in [2.05, 4.69) is 5.32 Å². The van der Waals surface area contributed by atoms with Crippen molar-refractivity contribution in [1.82, 2.24) is 5.32 Å². The highest BCUT2D eigenvalue weighted by Gasteiger charge is 2.14. The van der Waals surface area contributed by atoms with Crippen LogP contribution >= 0.6 is 0 Å². The average Bonchev–Trinajstić information content (AvgIpc) is 2.17. The zero-order chi connectivity index (χ0) is 7.98. The highest BCUT2D eigenvalue weighted by Crippen LogP contribution is 2.03. The van der Waals surface area contributed by atoms with Crippen molar-refractivity contribution in [2.45, 2.75) is 32.7 Å². The van der Waals surface area contributed by atoms with E-state index in [1.54, 1.807) is 6.92 Å². The summed E-state index contributed by atoms with van der Waals surface area (Å²) in [5.41, 5.74) is 0. The molecule has 1 atom stereocenters. The second-order valence-electron chi connectivity index (χ2n) is 2.32. The van der Waals surface area contributed by atoms with Crippen LogP contribution in [0.1, 0.15) is 26.7 Å². The van der Waals surface area contributed by atoms with E-state index < -0.39 is 0 Å². The van der Waals surface area contributed by atoms with Crippen LogP contribution in [0.25, 0.3) is 0 Å². The summed E-state index contributed by atoms with van der Waals surface area (Å²) >= 11 is 0. The fraction of sp³-hybridized carbons (Fsp3) is 0.857. The van der Waals surface area contributed by atoms with Gasteiger partial charge in [-0.15, -0.1) is 0 Å². The molecule has 0 saturated carbocycles. The van der Waals surface area contributed by atoms with Gasteiger partial charge in [-0.2, -0.15) is 0 Å². The summed E-state index contributed by atoms with van der Waals surface area (Å²) < 4.78 is 0. The van der Waals surface area contributed by atoms with Gasteiger partial charge in [-0.3, -0.25) is 4.79 Å². The van der Waals surface area contributed by atoms with E-state index in [1.807, 2.05) is 6.92 Å². The van der Waals surface area contributed by atoms with Gasteiger partial charge in [0, 0.05) is 19.1 Å². The van der Waals surface area contributed by atoms with Gasteiger partial charge in [-0.1, -0.05) is 0 Å². The molecule has 4 heteroatoms. The molecule has 0 aromatic carbocycles. The summed E-state index contributed by atoms with van der Waals surface area (Å²) in [4.78, 5) is 10.3. The van der Waals surface area contributed by atoms with Crippen molar-refractivity contribution in [3.8, 4) is 0 Å². The molecule has 1 unspecified atom stereocenters. The van der Waals surface area contributed by atoms with Crippen LogP contribution in [-0.2, 0) is 4.79 Å². The fourth-order valence-corrected chi connectivity index (χ4v) is 0.767. The van der Waals surface area contributed by atoms with E-state index in [9.17, 15) is 4.79 Å². The van der Waals surface area contributed by atoms with Crippen LogP contribution in [0.15, 0.2) is 0 Å². The monoisotopic (exact) mass is 163 g/mol. The van der Waals surface area contributed by atoms with Gasteiger partial charge in [0.25, 0.3) is 0 Å². The topological polar surface area (TPSA) is 80.8 Å². The summed E-state index contributed by atoms with van der Waals surface area (Å²) in [6, 6.07) is 0.424. The predicted molar refractivity (Wildman–Crippen MR) is 43.2 cm³/mol. The predicted octanol–water partition coefficient (Wildman–Crippen LogP) is -0.541. The van der Waals surface area contributed by atoms with Gasteiger partial charge in [0.05, 0.1) is 0 Å². The van der Waals surface area contributed by atoms with Crippen molar-refractivity contribution in [3.63, 3.8) is 0 Å². The highest BCUT2D eigenvalue weighted by atomic mass is 16.2. The molecule has 68 valence electrons. The first-order valence-electron chi connectivity index (χ1n) is 3.61. The van der Waals surface area contributed by atoms with Crippen LogP contribution in [0, 0.1) is 0 Å². The quantitative estimate of drug-likeness (QED) is 0.503. The first-order valence-corrected chi connectivity index (χ1v) is 3.61. The van der Waals surface area contributed by atoms with Crippen LogP contribution in [0.4, 0.5) is 0 Å². The maximum Gasteiger partial charge on any atom is 0.220 e. The molecule has 0 bridgehead atoms. The molecule has 4 N–H and O–H groups in total. The summed E-state index contributed by atoms with van der Waals surface area (Å²) in [6.07, 6.45) is 1.74. The third-order valence-electron chi connectivity index (χ3n) is 1.21. The summed E-state index contributed by atoms with van der Waals surface area (Å²) in [7, 11) is 0. The third-order valence-corrected chi connectivity index (χ3v) is 1.21. The Morgan fingerprint density at radius 2 is 2.18 bits per heavy atom. The van der Waals surface area contributed by atoms with Gasteiger partial charge < -0.3 is 15.9 Å². The van der Waals surface area contributed by atoms with Crippen LogP contribution < -0.4 is 5.32 Å². The SMILES string of the molecule is CC1CCC(=O)N1.CCO.O. The lowest BCUT2D eigenvalue weighted by Gasteiger charge is -1.95. The lowest BCUT2D eigenvalue weighted by atomic mass is 10.3. The maximum absolute atomic E-state index is 10.3. The van der Waals surface area contributed by atoms with Crippen LogP contribution in [0.5, 0.6) is 0 Å². The van der Waals surface area contributed by atoms with Crippen molar-refractivity contribution >= 4 is 5.91 Å². The zero-order valence-electron chi connectivity index (χ0n) is 7.05. The number of hydrogen-bond donors (Lipinski definition) is 2. The smallest absolute Gasteiger partial charge is 0.220 e. The van der Waals surface area contributed by atoms with Gasteiger partial charge in [0.1, 0.15) is 0 Å². The zero-order valence-corrected chi connectivity index (χ0v) is 7.05. The van der Waals surface area contributed by atoms with Crippen molar-refractivity contribution in [2.75, 3.05) is 6.61 Å². The normalized spacial score (nSPS) is 21.0. The molecule has 1 saturated heterocycles. The summed E-state index contributed by atoms with van der Waals surface area (Å²) in [6.45, 7) is 3.95. The minimum absolute atomic E-state index is 0. The van der Waals surface area contributed by atoms with E-state index in [-0.39, 0.29) is 18.0 Å².